The Morgan fingerprint density at radius 2 is 1.85 bits per heavy atom. The first-order valence-electron chi connectivity index (χ1n) is 13.5. The molecule has 4 rings (SSSR count). The minimum Gasteiger partial charge on any atom is -0.342 e. The number of carbonyl (C=O) groups excluding carboxylic acids is 3. The average molecular weight is 820 g/mol. The summed E-state index contributed by atoms with van der Waals surface area (Å²) in [5, 5.41) is 2.66. The molecule has 0 spiro atoms. The number of nitrogens with zero attached hydrogens (tertiary/aromatic N) is 1. The van der Waals surface area contributed by atoms with Crippen LogP contribution in [-0.2, 0) is 20.6 Å². The Labute approximate surface area is 266 Å². The maximum atomic E-state index is 13.0. The van der Waals surface area contributed by atoms with E-state index in [0.29, 0.717) is 18.5 Å². The molecule has 7 nitrogen and oxygen atoms in total. The molecule has 41 heavy (non-hydrogen) atoms. The number of hydrogen-bond acceptors (Lipinski definition) is 6. The summed E-state index contributed by atoms with van der Waals surface area (Å²) in [5.74, 6) is -5.19. The van der Waals surface area contributed by atoms with Crippen molar-refractivity contribution in [3.63, 3.8) is 0 Å². The van der Waals surface area contributed by atoms with E-state index in [0.717, 1.165) is 49.7 Å². The molecule has 226 valence electrons. The summed E-state index contributed by atoms with van der Waals surface area (Å²) in [7, 11) is -4.09. The number of piperidine rings is 1. The average Bonchev–Trinajstić information content (AvgIpc) is 2.94. The zero-order valence-electron chi connectivity index (χ0n) is 22.4. The predicted molar refractivity (Wildman–Crippen MR) is 169 cm³/mol. The van der Waals surface area contributed by atoms with Crippen molar-refractivity contribution in [2.45, 2.75) is 76.0 Å². The number of alkyl halides is 5. The molecule has 1 heterocycles. The maximum Gasteiger partial charge on any atom is 0.416 e. The number of amides is 1. The number of Topliss-reactive ketones (excluding diaryl/α,β-unsaturated/α-hetero) is 2. The summed E-state index contributed by atoms with van der Waals surface area (Å²) in [6, 6.07) is 3.12. The fraction of sp³-hybridized carbons (Fsp3) is 0.536. The molecular weight excluding hydrogens is 787 g/mol. The number of rotatable bonds is 8. The molecule has 0 saturated carbocycles. The second-order valence-electron chi connectivity index (χ2n) is 10.8. The Balaban J connectivity index is 1.43. The molecule has 3 unspecified atom stereocenters. The molecule has 1 saturated heterocycles. The van der Waals surface area contributed by atoms with Crippen LogP contribution in [0, 0.1) is 0 Å². The van der Waals surface area contributed by atoms with E-state index in [9.17, 15) is 36.7 Å². The third-order valence-corrected chi connectivity index (χ3v) is 14.6. The lowest BCUT2D eigenvalue weighted by molar-refractivity contribution is -0.144. The first-order chi connectivity index (χ1) is 19.1. The van der Waals surface area contributed by atoms with Crippen LogP contribution < -0.4 is 5.32 Å². The van der Waals surface area contributed by atoms with Crippen LogP contribution in [0.5, 0.6) is 0 Å². The lowest BCUT2D eigenvalue weighted by Gasteiger charge is -2.47. The number of nitrogens with one attached hydrogen (secondary N) is 1. The highest BCUT2D eigenvalue weighted by Gasteiger charge is 2.46. The van der Waals surface area contributed by atoms with Gasteiger partial charge in [0, 0.05) is 6.04 Å². The molecule has 1 aliphatic heterocycles. The predicted octanol–water partition coefficient (Wildman–Crippen LogP) is 6.34. The first kappa shape index (κ1) is 32.9. The standard InChI is InChI=1S/C28H33F3I2N2O5S/c1-17(35-13-3-2-4-14-35)27(33)12-11-20-21(25(27)32)9-6-10-22(20)34-26(38)24(37)23(36)16-41(39,40)19-8-5-7-18(15-19)28(29,30)31/h5,7-8,11-12,15,17,22,25,39-40H,2-4,6,9-10,13-14,16H2,1H3,(H,34,38)/t17-,22?,25?,27?/m1/s1. The molecule has 0 aromatic heterocycles. The molecule has 4 atom stereocenters. The van der Waals surface area contributed by atoms with Crippen molar-refractivity contribution >= 4 is 73.2 Å². The van der Waals surface area contributed by atoms with Gasteiger partial charge in [0.05, 0.1) is 23.8 Å². The Kier molecular flexibility index (Phi) is 10.4. The summed E-state index contributed by atoms with van der Waals surface area (Å²) in [6.45, 7) is 4.40. The number of halogens is 5. The topological polar surface area (TPSA) is 107 Å². The van der Waals surface area contributed by atoms with Gasteiger partial charge in [0.25, 0.3) is 11.7 Å². The van der Waals surface area contributed by atoms with Gasteiger partial charge in [0.2, 0.25) is 5.78 Å². The van der Waals surface area contributed by atoms with Gasteiger partial charge in [-0.1, -0.05) is 75.4 Å². The molecular formula is C28H33F3I2N2O5S. The number of likely N-dealkylation sites (tertiary alicyclic amines) is 1. The smallest absolute Gasteiger partial charge is 0.342 e. The minimum absolute atomic E-state index is 0.149. The Bertz CT molecular complexity index is 1270. The van der Waals surface area contributed by atoms with E-state index in [2.05, 4.69) is 68.4 Å². The van der Waals surface area contributed by atoms with Crippen molar-refractivity contribution in [2.24, 2.45) is 0 Å². The van der Waals surface area contributed by atoms with Crippen molar-refractivity contribution in [1.82, 2.24) is 10.2 Å². The number of ketones is 2. The molecule has 0 radical (unpaired) electrons. The quantitative estimate of drug-likeness (QED) is 0.123. The zero-order chi connectivity index (χ0) is 30.2. The van der Waals surface area contributed by atoms with Gasteiger partial charge in [-0.15, -0.1) is 0 Å². The first-order valence-corrected chi connectivity index (χ1v) is 17.5. The van der Waals surface area contributed by atoms with Gasteiger partial charge in [-0.25, -0.2) is 0 Å². The van der Waals surface area contributed by atoms with Crippen LogP contribution in [0.25, 0.3) is 0 Å². The summed E-state index contributed by atoms with van der Waals surface area (Å²) in [4.78, 5) is 40.1. The van der Waals surface area contributed by atoms with E-state index < -0.39 is 56.5 Å². The minimum atomic E-state index is -4.73. The molecule has 1 aromatic rings. The van der Waals surface area contributed by atoms with Gasteiger partial charge in [-0.05, 0) is 75.9 Å². The highest BCUT2D eigenvalue weighted by Crippen LogP contribution is 2.50. The van der Waals surface area contributed by atoms with Gasteiger partial charge >= 0.3 is 6.18 Å². The zero-order valence-corrected chi connectivity index (χ0v) is 27.6. The summed E-state index contributed by atoms with van der Waals surface area (Å²) in [6.07, 6.45) is 5.35. The Hall–Kier alpha value is -1.01. The highest BCUT2D eigenvalue weighted by molar-refractivity contribution is 14.1. The van der Waals surface area contributed by atoms with Crippen LogP contribution in [0.1, 0.15) is 51.0 Å². The van der Waals surface area contributed by atoms with Crippen LogP contribution in [0.15, 0.2) is 52.5 Å². The molecule has 1 fully saturated rings. The van der Waals surface area contributed by atoms with Crippen molar-refractivity contribution in [3.8, 4) is 0 Å². The van der Waals surface area contributed by atoms with Gasteiger partial charge in [0.15, 0.2) is 0 Å². The fourth-order valence-electron chi connectivity index (χ4n) is 5.73. The Morgan fingerprint density at radius 1 is 1.17 bits per heavy atom. The second-order valence-corrected chi connectivity index (χ2v) is 16.0. The lowest BCUT2D eigenvalue weighted by Crippen LogP contribution is -2.54. The maximum absolute atomic E-state index is 13.0. The molecule has 3 aliphatic rings. The number of hydrogen-bond donors (Lipinski definition) is 3. The molecule has 3 N–H and O–H groups in total. The normalized spacial score (nSPS) is 26.7. The van der Waals surface area contributed by atoms with Crippen molar-refractivity contribution in [3.05, 3.63) is 53.1 Å². The molecule has 2 aliphatic carbocycles. The van der Waals surface area contributed by atoms with E-state index in [4.69, 9.17) is 0 Å². The number of allylic oxidation sites excluding steroid dienone is 1. The van der Waals surface area contributed by atoms with Gasteiger partial charge in [-0.2, -0.15) is 23.8 Å². The largest absolute Gasteiger partial charge is 0.416 e. The van der Waals surface area contributed by atoms with Crippen LogP contribution in [0.3, 0.4) is 0 Å². The van der Waals surface area contributed by atoms with Gasteiger partial charge in [0.1, 0.15) is 5.75 Å². The lowest BCUT2D eigenvalue weighted by atomic mass is 9.77. The summed E-state index contributed by atoms with van der Waals surface area (Å²) < 4.78 is 60.0. The van der Waals surface area contributed by atoms with E-state index in [1.54, 1.807) is 0 Å². The SMILES string of the molecule is C[C@@H](N1CCCCC1)C1(I)C=CC2=C(CCCC2NC(=O)C(=O)C(=O)CS(O)(O)c2cccc(C(F)(F)F)c2)C1I. The summed E-state index contributed by atoms with van der Waals surface area (Å²) >= 11 is 5.02. The molecule has 1 amide bonds. The number of carbonyl (C=O) groups is 3. The molecule has 1 aromatic carbocycles. The monoisotopic (exact) mass is 820 g/mol. The summed E-state index contributed by atoms with van der Waals surface area (Å²) in [5.41, 5.74) is 1.01. The molecule has 0 bridgehead atoms. The van der Waals surface area contributed by atoms with Crippen LogP contribution >= 0.6 is 55.8 Å². The van der Waals surface area contributed by atoms with E-state index in [1.807, 2.05) is 6.08 Å². The Morgan fingerprint density at radius 3 is 2.51 bits per heavy atom. The van der Waals surface area contributed by atoms with Crippen molar-refractivity contribution in [1.29, 1.82) is 0 Å². The van der Waals surface area contributed by atoms with Crippen LogP contribution in [-0.4, -0.2) is 69.8 Å². The van der Waals surface area contributed by atoms with Crippen molar-refractivity contribution in [2.75, 3.05) is 18.8 Å². The van der Waals surface area contributed by atoms with Crippen molar-refractivity contribution < 1.29 is 36.7 Å². The second kappa shape index (κ2) is 12.9. The van der Waals surface area contributed by atoms with E-state index in [1.165, 1.54) is 24.8 Å². The molecule has 13 heteroatoms. The highest BCUT2D eigenvalue weighted by atomic mass is 127. The third kappa shape index (κ3) is 7.21. The fourth-order valence-corrected chi connectivity index (χ4v) is 9.35. The van der Waals surface area contributed by atoms with Crippen LogP contribution in [0.4, 0.5) is 13.2 Å². The van der Waals surface area contributed by atoms with Gasteiger partial charge in [-0.3, -0.25) is 28.4 Å². The number of benzene rings is 1. The third-order valence-electron chi connectivity index (χ3n) is 8.11. The van der Waals surface area contributed by atoms with Crippen LogP contribution in [0.2, 0.25) is 0 Å². The van der Waals surface area contributed by atoms with E-state index in [-0.39, 0.29) is 7.35 Å². The van der Waals surface area contributed by atoms with Gasteiger partial charge < -0.3 is 5.32 Å². The van der Waals surface area contributed by atoms with E-state index >= 15 is 0 Å².